The van der Waals surface area contributed by atoms with Crippen LogP contribution in [0.2, 0.25) is 0 Å². The molecular weight excluding hydrogens is 324 g/mol. The van der Waals surface area contributed by atoms with Gasteiger partial charge in [0, 0.05) is 36.8 Å². The molecule has 0 N–H and O–H groups in total. The third kappa shape index (κ3) is 3.21. The van der Waals surface area contributed by atoms with E-state index in [0.29, 0.717) is 12.0 Å². The zero-order valence-corrected chi connectivity index (χ0v) is 15.5. The number of para-hydroxylation sites is 1. The number of ether oxygens (including phenoxy) is 1. The molecule has 3 aliphatic rings. The molecular formula is C22H26N2O2. The van der Waals surface area contributed by atoms with Gasteiger partial charge in [0.1, 0.15) is 5.75 Å². The van der Waals surface area contributed by atoms with Gasteiger partial charge in [0.25, 0.3) is 5.91 Å². The van der Waals surface area contributed by atoms with E-state index in [2.05, 4.69) is 16.8 Å². The molecule has 2 bridgehead atoms. The van der Waals surface area contributed by atoms with Crippen LogP contribution in [0.5, 0.6) is 5.75 Å². The van der Waals surface area contributed by atoms with Crippen molar-refractivity contribution in [3.63, 3.8) is 0 Å². The summed E-state index contributed by atoms with van der Waals surface area (Å²) < 4.78 is 5.48. The number of nitrogens with zero attached hydrogens (tertiary/aromatic N) is 2. The molecule has 2 aromatic carbocycles. The van der Waals surface area contributed by atoms with E-state index in [-0.39, 0.29) is 5.91 Å². The van der Waals surface area contributed by atoms with Crippen LogP contribution < -0.4 is 4.74 Å². The van der Waals surface area contributed by atoms with Gasteiger partial charge in [-0.25, -0.2) is 0 Å². The SMILES string of the molecule is COc1ccccc1-c1cccc(C(=O)N2C[C@H]3CC[C@@H](C2)N(C)C3)c1. The number of benzene rings is 2. The quantitative estimate of drug-likeness (QED) is 0.849. The molecule has 0 spiro atoms. The Morgan fingerprint density at radius 3 is 2.69 bits per heavy atom. The summed E-state index contributed by atoms with van der Waals surface area (Å²) in [6, 6.07) is 16.4. The third-order valence-electron chi connectivity index (χ3n) is 5.80. The fraction of sp³-hybridized carbons (Fsp3) is 0.409. The van der Waals surface area contributed by atoms with Crippen LogP contribution in [-0.4, -0.2) is 55.5 Å². The highest BCUT2D eigenvalue weighted by molar-refractivity contribution is 5.95. The summed E-state index contributed by atoms with van der Waals surface area (Å²) in [6.07, 6.45) is 2.44. The highest BCUT2D eigenvalue weighted by Crippen LogP contribution is 2.31. The molecule has 0 aliphatic carbocycles. The molecule has 3 aliphatic heterocycles. The van der Waals surface area contributed by atoms with Crippen LogP contribution in [0.15, 0.2) is 48.5 Å². The first-order chi connectivity index (χ1) is 12.7. The number of carbonyl (C=O) groups is 1. The first-order valence-corrected chi connectivity index (χ1v) is 9.38. The van der Waals surface area contributed by atoms with Crippen LogP contribution in [0.25, 0.3) is 11.1 Å². The Morgan fingerprint density at radius 1 is 1.04 bits per heavy atom. The molecule has 3 heterocycles. The molecule has 0 saturated carbocycles. The molecule has 3 saturated heterocycles. The van der Waals surface area contributed by atoms with Gasteiger partial charge in [0.2, 0.25) is 0 Å². The number of methoxy groups -OCH3 is 1. The zero-order chi connectivity index (χ0) is 18.1. The standard InChI is InChI=1S/C22H26N2O2/c1-23-13-16-10-11-19(23)15-24(14-16)22(25)18-7-5-6-17(12-18)20-8-3-4-9-21(20)26-2/h3-9,12,16,19H,10-11,13-15H2,1-2H3/t16-,19-/m0/s1. The summed E-state index contributed by atoms with van der Waals surface area (Å²) in [5, 5.41) is 0. The Labute approximate surface area is 155 Å². The largest absolute Gasteiger partial charge is 0.496 e. The molecule has 4 nitrogen and oxygen atoms in total. The lowest BCUT2D eigenvalue weighted by atomic mass is 9.96. The molecule has 3 fully saturated rings. The van der Waals surface area contributed by atoms with Gasteiger partial charge in [0.15, 0.2) is 0 Å². The monoisotopic (exact) mass is 350 g/mol. The van der Waals surface area contributed by atoms with E-state index in [0.717, 1.165) is 42.1 Å². The summed E-state index contributed by atoms with van der Waals surface area (Å²) >= 11 is 0. The number of amides is 1. The smallest absolute Gasteiger partial charge is 0.253 e. The highest BCUT2D eigenvalue weighted by Gasteiger charge is 2.34. The molecule has 1 amide bonds. The Balaban J connectivity index is 1.61. The van der Waals surface area contributed by atoms with Crippen LogP contribution >= 0.6 is 0 Å². The number of hydrogen-bond acceptors (Lipinski definition) is 3. The predicted octanol–water partition coefficient (Wildman–Crippen LogP) is 3.53. The molecule has 0 unspecified atom stereocenters. The van der Waals surface area contributed by atoms with Gasteiger partial charge in [0.05, 0.1) is 7.11 Å². The topological polar surface area (TPSA) is 32.8 Å². The van der Waals surface area contributed by atoms with Gasteiger partial charge in [-0.15, -0.1) is 0 Å². The Morgan fingerprint density at radius 2 is 1.88 bits per heavy atom. The van der Waals surface area contributed by atoms with Crippen LogP contribution in [-0.2, 0) is 0 Å². The number of piperidine rings is 1. The van der Waals surface area contributed by atoms with Gasteiger partial charge in [-0.3, -0.25) is 4.79 Å². The van der Waals surface area contributed by atoms with Gasteiger partial charge in [-0.05, 0) is 49.6 Å². The molecule has 2 atom stereocenters. The average Bonchev–Trinajstić information content (AvgIpc) is 2.99. The zero-order valence-electron chi connectivity index (χ0n) is 15.5. The predicted molar refractivity (Wildman–Crippen MR) is 103 cm³/mol. The minimum absolute atomic E-state index is 0.147. The lowest BCUT2D eigenvalue weighted by molar-refractivity contribution is 0.0742. The second-order valence-electron chi connectivity index (χ2n) is 7.53. The molecule has 4 heteroatoms. The van der Waals surface area contributed by atoms with Crippen molar-refractivity contribution < 1.29 is 9.53 Å². The van der Waals surface area contributed by atoms with Crippen LogP contribution in [0.1, 0.15) is 23.2 Å². The minimum Gasteiger partial charge on any atom is -0.496 e. The minimum atomic E-state index is 0.147. The summed E-state index contributed by atoms with van der Waals surface area (Å²) in [5.74, 6) is 1.57. The molecule has 136 valence electrons. The number of rotatable bonds is 3. The van der Waals surface area contributed by atoms with Crippen molar-refractivity contribution >= 4 is 5.91 Å². The normalized spacial score (nSPS) is 22.9. The van der Waals surface area contributed by atoms with Crippen molar-refractivity contribution in [2.24, 2.45) is 5.92 Å². The van der Waals surface area contributed by atoms with E-state index in [1.807, 2.05) is 48.5 Å². The van der Waals surface area contributed by atoms with E-state index in [1.54, 1.807) is 7.11 Å². The number of fused-ring (bicyclic) bond motifs is 4. The van der Waals surface area contributed by atoms with E-state index in [1.165, 1.54) is 12.8 Å². The lowest BCUT2D eigenvalue weighted by Gasteiger charge is -2.32. The number of likely N-dealkylation sites (N-methyl/N-ethyl adjacent to an activating group) is 1. The van der Waals surface area contributed by atoms with Crippen molar-refractivity contribution in [3.8, 4) is 16.9 Å². The van der Waals surface area contributed by atoms with Crippen LogP contribution in [0.4, 0.5) is 0 Å². The highest BCUT2D eigenvalue weighted by atomic mass is 16.5. The van der Waals surface area contributed by atoms with Crippen molar-refractivity contribution in [1.29, 1.82) is 0 Å². The number of hydrogen-bond donors (Lipinski definition) is 0. The van der Waals surface area contributed by atoms with E-state index < -0.39 is 0 Å². The van der Waals surface area contributed by atoms with Crippen LogP contribution in [0.3, 0.4) is 0 Å². The fourth-order valence-corrected chi connectivity index (χ4v) is 4.37. The fourth-order valence-electron chi connectivity index (χ4n) is 4.37. The maximum atomic E-state index is 13.2. The molecule has 0 aromatic heterocycles. The van der Waals surface area contributed by atoms with Crippen molar-refractivity contribution in [3.05, 3.63) is 54.1 Å². The molecule has 5 rings (SSSR count). The second kappa shape index (κ2) is 7.12. The Kier molecular flexibility index (Phi) is 4.68. The first-order valence-electron chi connectivity index (χ1n) is 9.38. The first kappa shape index (κ1) is 17.1. The second-order valence-corrected chi connectivity index (χ2v) is 7.53. The van der Waals surface area contributed by atoms with E-state index in [9.17, 15) is 4.79 Å². The van der Waals surface area contributed by atoms with Crippen molar-refractivity contribution in [2.75, 3.05) is 33.8 Å². The molecule has 26 heavy (non-hydrogen) atoms. The Hall–Kier alpha value is -2.33. The molecule has 0 radical (unpaired) electrons. The van der Waals surface area contributed by atoms with Gasteiger partial charge >= 0.3 is 0 Å². The average molecular weight is 350 g/mol. The molecule has 2 aromatic rings. The van der Waals surface area contributed by atoms with Gasteiger partial charge in [-0.2, -0.15) is 0 Å². The number of carbonyl (C=O) groups excluding carboxylic acids is 1. The van der Waals surface area contributed by atoms with Gasteiger partial charge in [-0.1, -0.05) is 30.3 Å². The van der Waals surface area contributed by atoms with Crippen molar-refractivity contribution in [1.82, 2.24) is 9.80 Å². The lowest BCUT2D eigenvalue weighted by Crippen LogP contribution is -2.41. The van der Waals surface area contributed by atoms with E-state index in [4.69, 9.17) is 4.74 Å². The van der Waals surface area contributed by atoms with Gasteiger partial charge < -0.3 is 14.5 Å². The summed E-state index contributed by atoms with van der Waals surface area (Å²) in [4.78, 5) is 17.7. The summed E-state index contributed by atoms with van der Waals surface area (Å²) in [6.45, 7) is 2.82. The van der Waals surface area contributed by atoms with Crippen molar-refractivity contribution in [2.45, 2.75) is 18.9 Å². The maximum Gasteiger partial charge on any atom is 0.253 e. The Bertz CT molecular complexity index is 804. The summed E-state index contributed by atoms with van der Waals surface area (Å²) in [5.41, 5.74) is 2.79. The maximum absolute atomic E-state index is 13.2. The third-order valence-corrected chi connectivity index (χ3v) is 5.80. The van der Waals surface area contributed by atoms with E-state index >= 15 is 0 Å². The summed E-state index contributed by atoms with van der Waals surface area (Å²) in [7, 11) is 3.87. The van der Waals surface area contributed by atoms with Crippen LogP contribution in [0, 0.1) is 5.92 Å².